The first-order valence-corrected chi connectivity index (χ1v) is 15.5. The Morgan fingerprint density at radius 1 is 0.909 bits per heavy atom. The molecule has 0 bridgehead atoms. The molecule has 3 aromatic rings. The predicted octanol–water partition coefficient (Wildman–Crippen LogP) is 6.72. The maximum Gasteiger partial charge on any atom is 0.338 e. The summed E-state index contributed by atoms with van der Waals surface area (Å²) in [5.41, 5.74) is 10.1. The molecule has 44 heavy (non-hydrogen) atoms. The second-order valence-electron chi connectivity index (χ2n) is 12.0. The van der Waals surface area contributed by atoms with Gasteiger partial charge >= 0.3 is 5.97 Å². The van der Waals surface area contributed by atoms with E-state index in [1.54, 1.807) is 23.1 Å². The lowest BCUT2D eigenvalue weighted by molar-refractivity contribution is 0.0220. The third-order valence-electron chi connectivity index (χ3n) is 7.77. The monoisotopic (exact) mass is 607 g/mol. The summed E-state index contributed by atoms with van der Waals surface area (Å²) in [6.07, 6.45) is 1.79. The van der Waals surface area contributed by atoms with Crippen molar-refractivity contribution in [1.29, 1.82) is 0 Å². The third kappa shape index (κ3) is 9.69. The van der Waals surface area contributed by atoms with Gasteiger partial charge in [0.2, 0.25) is 0 Å². The summed E-state index contributed by atoms with van der Waals surface area (Å²) >= 11 is 0. The SMILES string of the molecule is CCCN(CCC)C(=O)c1cc(C)cc(C(=O)O[C@@H](CNC(C)(C)c2cccc(CC)c2)[C@@H](N)Cc2cc(F)cc(F)c2)c1. The summed E-state index contributed by atoms with van der Waals surface area (Å²) in [6.45, 7) is 13.5. The lowest BCUT2D eigenvalue weighted by atomic mass is 9.91. The average molecular weight is 608 g/mol. The van der Waals surface area contributed by atoms with Gasteiger partial charge in [0.1, 0.15) is 17.7 Å². The molecule has 0 fully saturated rings. The third-order valence-corrected chi connectivity index (χ3v) is 7.77. The van der Waals surface area contributed by atoms with Crippen molar-refractivity contribution in [3.8, 4) is 0 Å². The number of amides is 1. The summed E-state index contributed by atoms with van der Waals surface area (Å²) in [7, 11) is 0. The van der Waals surface area contributed by atoms with Crippen LogP contribution in [-0.4, -0.2) is 48.6 Å². The number of nitrogens with one attached hydrogen (secondary N) is 1. The molecule has 1 amide bonds. The van der Waals surface area contributed by atoms with Crippen molar-refractivity contribution in [2.24, 2.45) is 5.73 Å². The summed E-state index contributed by atoms with van der Waals surface area (Å²) in [5.74, 6) is -2.16. The first kappa shape index (κ1) is 34.9. The first-order valence-electron chi connectivity index (χ1n) is 15.5. The highest BCUT2D eigenvalue weighted by Crippen LogP contribution is 2.23. The Bertz CT molecular complexity index is 1400. The normalized spacial score (nSPS) is 12.9. The van der Waals surface area contributed by atoms with Crippen molar-refractivity contribution in [2.75, 3.05) is 19.6 Å². The fourth-order valence-corrected chi connectivity index (χ4v) is 5.32. The molecule has 8 heteroatoms. The van der Waals surface area contributed by atoms with Gasteiger partial charge in [-0.1, -0.05) is 45.0 Å². The number of hydrogen-bond donors (Lipinski definition) is 2. The van der Waals surface area contributed by atoms with Crippen LogP contribution in [0.15, 0.2) is 60.7 Å². The molecular formula is C36H47F2N3O3. The van der Waals surface area contributed by atoms with Crippen molar-refractivity contribution < 1.29 is 23.1 Å². The van der Waals surface area contributed by atoms with Gasteiger partial charge in [-0.3, -0.25) is 4.79 Å². The topological polar surface area (TPSA) is 84.7 Å². The van der Waals surface area contributed by atoms with Gasteiger partial charge in [0.15, 0.2) is 0 Å². The first-order chi connectivity index (χ1) is 20.9. The fourth-order valence-electron chi connectivity index (χ4n) is 5.32. The highest BCUT2D eigenvalue weighted by molar-refractivity contribution is 5.98. The minimum Gasteiger partial charge on any atom is -0.456 e. The fraction of sp³-hybridized carbons (Fsp3) is 0.444. The van der Waals surface area contributed by atoms with Crippen LogP contribution in [-0.2, 0) is 23.1 Å². The van der Waals surface area contributed by atoms with E-state index in [-0.39, 0.29) is 24.4 Å². The molecule has 6 nitrogen and oxygen atoms in total. The molecule has 0 radical (unpaired) electrons. The molecule has 0 aromatic heterocycles. The summed E-state index contributed by atoms with van der Waals surface area (Å²) in [6, 6.07) is 15.8. The van der Waals surface area contributed by atoms with Gasteiger partial charge in [0, 0.05) is 42.8 Å². The van der Waals surface area contributed by atoms with Crippen LogP contribution in [0.25, 0.3) is 0 Å². The number of carbonyl (C=O) groups is 2. The van der Waals surface area contributed by atoms with E-state index < -0.39 is 35.3 Å². The lowest BCUT2D eigenvalue weighted by Crippen LogP contribution is -2.50. The van der Waals surface area contributed by atoms with E-state index in [0.29, 0.717) is 24.2 Å². The summed E-state index contributed by atoms with van der Waals surface area (Å²) in [5, 5.41) is 3.49. The Morgan fingerprint density at radius 3 is 2.16 bits per heavy atom. The predicted molar refractivity (Wildman–Crippen MR) is 172 cm³/mol. The van der Waals surface area contributed by atoms with Crippen molar-refractivity contribution in [3.63, 3.8) is 0 Å². The van der Waals surface area contributed by atoms with Crippen LogP contribution in [0.4, 0.5) is 8.78 Å². The van der Waals surface area contributed by atoms with Crippen LogP contribution < -0.4 is 11.1 Å². The molecule has 0 aliphatic rings. The number of aryl methyl sites for hydroxylation is 2. The minimum absolute atomic E-state index is 0.0839. The molecule has 0 saturated carbocycles. The number of esters is 1. The van der Waals surface area contributed by atoms with Crippen molar-refractivity contribution in [3.05, 3.63) is 106 Å². The maximum atomic E-state index is 13.9. The highest BCUT2D eigenvalue weighted by Gasteiger charge is 2.28. The molecule has 0 saturated heterocycles. The van der Waals surface area contributed by atoms with Crippen LogP contribution in [0.5, 0.6) is 0 Å². The molecule has 0 unspecified atom stereocenters. The second kappa shape index (κ2) is 15.9. The van der Waals surface area contributed by atoms with Crippen LogP contribution >= 0.6 is 0 Å². The standard InChI is InChI=1S/C36H47F2N3O3/c1-7-13-41(14-8-2)34(42)27-15-24(4)16-28(21-27)35(43)44-33(32(39)20-26-18-30(37)22-31(38)19-26)23-40-36(5,6)29-12-10-11-25(9-3)17-29/h10-12,15-19,21-22,32-33,40H,7-9,13-14,20,23,39H2,1-6H3/t32-,33-/m0/s1. The number of nitrogens with two attached hydrogens (primary N) is 1. The number of rotatable bonds is 15. The van der Waals surface area contributed by atoms with E-state index in [1.165, 1.54) is 17.7 Å². The molecule has 3 N–H and O–H groups in total. The molecular weight excluding hydrogens is 560 g/mol. The molecule has 0 aliphatic heterocycles. The molecule has 2 atom stereocenters. The second-order valence-corrected chi connectivity index (χ2v) is 12.0. The van der Waals surface area contributed by atoms with Gasteiger partial charge < -0.3 is 20.7 Å². The van der Waals surface area contributed by atoms with E-state index in [0.717, 1.165) is 36.5 Å². The zero-order valence-corrected chi connectivity index (χ0v) is 26.9. The Hall–Kier alpha value is -3.62. The van der Waals surface area contributed by atoms with E-state index in [9.17, 15) is 18.4 Å². The molecule has 238 valence electrons. The van der Waals surface area contributed by atoms with E-state index >= 15 is 0 Å². The van der Waals surface area contributed by atoms with Gasteiger partial charge in [0.05, 0.1) is 5.56 Å². The number of benzene rings is 3. The van der Waals surface area contributed by atoms with Crippen LogP contribution in [0.2, 0.25) is 0 Å². The van der Waals surface area contributed by atoms with Crippen molar-refractivity contribution >= 4 is 11.9 Å². The van der Waals surface area contributed by atoms with Crippen molar-refractivity contribution in [1.82, 2.24) is 10.2 Å². The quantitative estimate of drug-likeness (QED) is 0.188. The summed E-state index contributed by atoms with van der Waals surface area (Å²) in [4.78, 5) is 28.7. The molecule has 0 aliphatic carbocycles. The number of ether oxygens (including phenoxy) is 1. The number of hydrogen-bond acceptors (Lipinski definition) is 5. The van der Waals surface area contributed by atoms with E-state index in [1.807, 2.05) is 46.8 Å². The van der Waals surface area contributed by atoms with E-state index in [2.05, 4.69) is 24.4 Å². The highest BCUT2D eigenvalue weighted by atomic mass is 19.1. The number of carbonyl (C=O) groups excluding carboxylic acids is 2. The van der Waals surface area contributed by atoms with Crippen LogP contribution in [0, 0.1) is 18.6 Å². The molecule has 0 heterocycles. The Morgan fingerprint density at radius 2 is 1.55 bits per heavy atom. The van der Waals surface area contributed by atoms with Gasteiger partial charge in [-0.2, -0.15) is 0 Å². The number of halogens is 2. The molecule has 3 rings (SSSR count). The van der Waals surface area contributed by atoms with Gasteiger partial charge in [-0.25, -0.2) is 13.6 Å². The zero-order chi connectivity index (χ0) is 32.4. The van der Waals surface area contributed by atoms with Crippen LogP contribution in [0.3, 0.4) is 0 Å². The largest absolute Gasteiger partial charge is 0.456 e. The minimum atomic E-state index is -0.848. The zero-order valence-electron chi connectivity index (χ0n) is 26.9. The Kier molecular flexibility index (Phi) is 12.6. The molecule has 0 spiro atoms. The maximum absolute atomic E-state index is 13.9. The Balaban J connectivity index is 1.88. The van der Waals surface area contributed by atoms with Gasteiger partial charge in [-0.15, -0.1) is 0 Å². The van der Waals surface area contributed by atoms with Gasteiger partial charge in [0.25, 0.3) is 5.91 Å². The van der Waals surface area contributed by atoms with Crippen LogP contribution in [0.1, 0.15) is 90.4 Å². The smallest absolute Gasteiger partial charge is 0.338 e. The Labute approximate surface area is 261 Å². The van der Waals surface area contributed by atoms with E-state index in [4.69, 9.17) is 10.5 Å². The van der Waals surface area contributed by atoms with Gasteiger partial charge in [-0.05, 0) is 99.0 Å². The van der Waals surface area contributed by atoms with Crippen molar-refractivity contribution in [2.45, 2.75) is 84.9 Å². The average Bonchev–Trinajstić information content (AvgIpc) is 2.97. The lowest BCUT2D eigenvalue weighted by Gasteiger charge is -2.32. The summed E-state index contributed by atoms with van der Waals surface area (Å²) < 4.78 is 33.9. The molecule has 3 aromatic carbocycles. The number of nitrogens with zero attached hydrogens (tertiary/aromatic N) is 1.